The number of unbranched alkanes of at least 4 members (excludes halogenated alkanes) is 18. The van der Waals surface area contributed by atoms with Crippen molar-refractivity contribution >= 4 is 17.9 Å². The summed E-state index contributed by atoms with van der Waals surface area (Å²) in [5.41, 5.74) is 0. The first-order valence-corrected chi connectivity index (χ1v) is 28.0. The van der Waals surface area contributed by atoms with E-state index in [2.05, 4.69) is 142 Å². The summed E-state index contributed by atoms with van der Waals surface area (Å²) in [5.74, 6) is -0.991. The van der Waals surface area contributed by atoms with Crippen LogP contribution < -0.4 is 0 Å². The van der Waals surface area contributed by atoms with Crippen molar-refractivity contribution in [2.75, 3.05) is 13.2 Å². The van der Waals surface area contributed by atoms with E-state index in [-0.39, 0.29) is 37.5 Å². The van der Waals surface area contributed by atoms with Crippen molar-refractivity contribution in [2.24, 2.45) is 0 Å². The molecule has 6 nitrogen and oxygen atoms in total. The minimum Gasteiger partial charge on any atom is -0.462 e. The maximum atomic E-state index is 12.8. The number of esters is 3. The van der Waals surface area contributed by atoms with Gasteiger partial charge in [-0.2, -0.15) is 0 Å². The van der Waals surface area contributed by atoms with E-state index in [1.54, 1.807) is 0 Å². The molecule has 0 bridgehead atoms. The third kappa shape index (κ3) is 54.6. The van der Waals surface area contributed by atoms with E-state index in [0.29, 0.717) is 19.3 Å². The quantitative estimate of drug-likeness (QED) is 0.0262. The molecular formula is C63H102O6. The number of ether oxygens (including phenoxy) is 3. The van der Waals surface area contributed by atoms with E-state index in [4.69, 9.17) is 14.2 Å². The van der Waals surface area contributed by atoms with Gasteiger partial charge in [0.25, 0.3) is 0 Å². The number of carbonyl (C=O) groups is 3. The molecule has 6 heteroatoms. The molecule has 1 unspecified atom stereocenters. The van der Waals surface area contributed by atoms with Gasteiger partial charge in [0.05, 0.1) is 0 Å². The highest BCUT2D eigenvalue weighted by Crippen LogP contribution is 2.13. The van der Waals surface area contributed by atoms with Crippen molar-refractivity contribution < 1.29 is 28.6 Å². The number of hydrogen-bond acceptors (Lipinski definition) is 6. The molecule has 0 heterocycles. The van der Waals surface area contributed by atoms with Crippen LogP contribution >= 0.6 is 0 Å². The molecule has 0 aromatic rings. The average molecular weight is 956 g/mol. The minimum atomic E-state index is -0.806. The molecule has 0 aliphatic heterocycles. The summed E-state index contributed by atoms with van der Waals surface area (Å²) in [6.07, 6.45) is 78.1. The predicted octanol–water partition coefficient (Wildman–Crippen LogP) is 18.9. The molecule has 0 amide bonds. The molecule has 0 aliphatic rings. The fraction of sp³-hybridized carbons (Fsp3) is 0.635. The van der Waals surface area contributed by atoms with Crippen LogP contribution in [0.1, 0.15) is 239 Å². The lowest BCUT2D eigenvalue weighted by atomic mass is 10.1. The predicted molar refractivity (Wildman–Crippen MR) is 297 cm³/mol. The molecule has 0 radical (unpaired) electrons. The van der Waals surface area contributed by atoms with Gasteiger partial charge >= 0.3 is 17.9 Å². The van der Waals surface area contributed by atoms with Gasteiger partial charge in [-0.05, 0) is 109 Å². The molecule has 1 atom stereocenters. The van der Waals surface area contributed by atoms with Gasteiger partial charge in [0.1, 0.15) is 13.2 Å². The highest BCUT2D eigenvalue weighted by molar-refractivity contribution is 5.71. The normalized spacial score (nSPS) is 13.0. The second kappa shape index (κ2) is 56.4. The van der Waals surface area contributed by atoms with Gasteiger partial charge in [-0.25, -0.2) is 0 Å². The van der Waals surface area contributed by atoms with Crippen LogP contribution in [0.3, 0.4) is 0 Å². The van der Waals surface area contributed by atoms with Crippen molar-refractivity contribution in [1.82, 2.24) is 0 Å². The standard InChI is InChI=1S/C63H102O6/c1-4-7-10-13-15-17-19-21-23-25-27-29-31-33-35-37-39-41-43-45-47-50-53-56-62(65)68-59-60(58-67-61(64)55-52-49-12-9-6-3)69-63(66)57-54-51-48-46-44-42-40-38-36-34-32-30-28-26-24-22-20-18-16-14-11-8-5-2/h7,10,15,17,20-23,26-29,32-35,39,41,45,47,60H,4-6,8-9,11-14,16,18-19,24-25,30-31,36-38,40,42-44,46,48-59H2,1-3H3/b10-7-,17-15-,22-20-,23-21-,28-26-,29-27-,34-32-,35-33-,41-39-,47-45-. The molecular weight excluding hydrogens is 853 g/mol. The maximum absolute atomic E-state index is 12.8. The van der Waals surface area contributed by atoms with Crippen LogP contribution in [0, 0.1) is 0 Å². The molecule has 0 aromatic carbocycles. The molecule has 0 N–H and O–H groups in total. The van der Waals surface area contributed by atoms with Gasteiger partial charge in [-0.3, -0.25) is 14.4 Å². The van der Waals surface area contributed by atoms with Crippen molar-refractivity contribution in [2.45, 2.75) is 245 Å². The Bertz CT molecular complexity index is 1470. The summed E-state index contributed by atoms with van der Waals surface area (Å²) in [6.45, 7) is 6.36. The molecule has 69 heavy (non-hydrogen) atoms. The molecule has 0 fully saturated rings. The first-order chi connectivity index (χ1) is 34.0. The van der Waals surface area contributed by atoms with Gasteiger partial charge in [-0.1, -0.05) is 232 Å². The first-order valence-electron chi connectivity index (χ1n) is 28.0. The molecule has 0 saturated carbocycles. The SMILES string of the molecule is CC/C=C\C/C=C\C/C=C\C/C=C\C/C=C\C/C=C\C/C=C\CCCC(=O)OCC(COC(=O)CCCCCCC)OC(=O)CCCCCCCCCC/C=C\C/C=C\C/C=C\CCCCCCC. The zero-order valence-corrected chi connectivity index (χ0v) is 44.5. The van der Waals surface area contributed by atoms with Crippen LogP contribution in [0.15, 0.2) is 122 Å². The summed E-state index contributed by atoms with van der Waals surface area (Å²) in [6, 6.07) is 0. The van der Waals surface area contributed by atoms with Gasteiger partial charge in [0.15, 0.2) is 6.10 Å². The van der Waals surface area contributed by atoms with Crippen molar-refractivity contribution in [1.29, 1.82) is 0 Å². The number of carbonyl (C=O) groups excluding carboxylic acids is 3. The zero-order valence-electron chi connectivity index (χ0n) is 44.5. The van der Waals surface area contributed by atoms with E-state index >= 15 is 0 Å². The van der Waals surface area contributed by atoms with Crippen LogP contribution in [0.25, 0.3) is 0 Å². The number of rotatable bonds is 49. The number of allylic oxidation sites excluding steroid dienone is 20. The highest BCUT2D eigenvalue weighted by atomic mass is 16.6. The molecule has 0 spiro atoms. The Labute approximate surface area is 424 Å². The molecule has 0 aromatic heterocycles. The zero-order chi connectivity index (χ0) is 50.0. The second-order valence-corrected chi connectivity index (χ2v) is 18.1. The third-order valence-electron chi connectivity index (χ3n) is 11.5. The Morgan fingerprint density at radius 3 is 0.942 bits per heavy atom. The second-order valence-electron chi connectivity index (χ2n) is 18.1. The fourth-order valence-corrected chi connectivity index (χ4v) is 7.26. The van der Waals surface area contributed by atoms with E-state index in [1.807, 2.05) is 0 Å². The minimum absolute atomic E-state index is 0.103. The van der Waals surface area contributed by atoms with Crippen molar-refractivity contribution in [3.05, 3.63) is 122 Å². The van der Waals surface area contributed by atoms with Crippen LogP contribution in [0.5, 0.6) is 0 Å². The summed E-state index contributed by atoms with van der Waals surface area (Å²) in [7, 11) is 0. The lowest BCUT2D eigenvalue weighted by Crippen LogP contribution is -2.30. The fourth-order valence-electron chi connectivity index (χ4n) is 7.26. The lowest BCUT2D eigenvalue weighted by Gasteiger charge is -2.18. The van der Waals surface area contributed by atoms with Crippen LogP contribution in [-0.4, -0.2) is 37.2 Å². The third-order valence-corrected chi connectivity index (χ3v) is 11.5. The Morgan fingerprint density at radius 1 is 0.304 bits per heavy atom. The summed E-state index contributed by atoms with van der Waals surface area (Å²) in [4.78, 5) is 37.8. The maximum Gasteiger partial charge on any atom is 0.306 e. The monoisotopic (exact) mass is 955 g/mol. The largest absolute Gasteiger partial charge is 0.462 e. The van der Waals surface area contributed by atoms with E-state index in [9.17, 15) is 14.4 Å². The summed E-state index contributed by atoms with van der Waals surface area (Å²) in [5, 5.41) is 0. The Hall–Kier alpha value is -4.19. The molecule has 0 aliphatic carbocycles. The Morgan fingerprint density at radius 2 is 0.580 bits per heavy atom. The van der Waals surface area contributed by atoms with Crippen molar-refractivity contribution in [3.8, 4) is 0 Å². The van der Waals surface area contributed by atoms with Gasteiger partial charge in [0.2, 0.25) is 0 Å². The average Bonchev–Trinajstić information content (AvgIpc) is 3.35. The first kappa shape index (κ1) is 64.8. The smallest absolute Gasteiger partial charge is 0.306 e. The molecule has 0 rings (SSSR count). The van der Waals surface area contributed by atoms with E-state index in [1.165, 1.54) is 70.6 Å². The van der Waals surface area contributed by atoms with E-state index < -0.39 is 6.10 Å². The topological polar surface area (TPSA) is 78.9 Å². The molecule has 0 saturated heterocycles. The van der Waals surface area contributed by atoms with Crippen LogP contribution in [-0.2, 0) is 28.6 Å². The van der Waals surface area contributed by atoms with Crippen LogP contribution in [0.4, 0.5) is 0 Å². The van der Waals surface area contributed by atoms with Crippen molar-refractivity contribution in [3.63, 3.8) is 0 Å². The van der Waals surface area contributed by atoms with Gasteiger partial charge in [-0.15, -0.1) is 0 Å². The van der Waals surface area contributed by atoms with Gasteiger partial charge in [0, 0.05) is 19.3 Å². The Kier molecular flexibility index (Phi) is 53.0. The van der Waals surface area contributed by atoms with Crippen LogP contribution in [0.2, 0.25) is 0 Å². The molecule has 390 valence electrons. The summed E-state index contributed by atoms with van der Waals surface area (Å²) >= 11 is 0. The Balaban J connectivity index is 4.26. The summed E-state index contributed by atoms with van der Waals surface area (Å²) < 4.78 is 16.6. The van der Waals surface area contributed by atoms with E-state index in [0.717, 1.165) is 122 Å². The highest BCUT2D eigenvalue weighted by Gasteiger charge is 2.19. The van der Waals surface area contributed by atoms with Gasteiger partial charge < -0.3 is 14.2 Å². The number of hydrogen-bond donors (Lipinski definition) is 0. The lowest BCUT2D eigenvalue weighted by molar-refractivity contribution is -0.167.